The normalized spacial score (nSPS) is 15.7. The third-order valence-corrected chi connectivity index (χ3v) is 8.10. The first-order valence-corrected chi connectivity index (χ1v) is 14.6. The summed E-state index contributed by atoms with van der Waals surface area (Å²) in [4.78, 5) is 41.6. The van der Waals surface area contributed by atoms with E-state index in [0.717, 1.165) is 36.3 Å². The van der Waals surface area contributed by atoms with Crippen molar-refractivity contribution in [2.45, 2.75) is 83.1 Å². The van der Waals surface area contributed by atoms with Crippen molar-refractivity contribution in [3.63, 3.8) is 0 Å². The number of anilines is 1. The predicted octanol–water partition coefficient (Wildman–Crippen LogP) is 5.57. The van der Waals surface area contributed by atoms with Gasteiger partial charge in [-0.15, -0.1) is 11.3 Å². The molecule has 1 aromatic carbocycles. The molecule has 3 amide bonds. The molecule has 1 saturated carbocycles. The molecule has 3 N–H and O–H groups in total. The first-order valence-electron chi connectivity index (χ1n) is 12.9. The van der Waals surface area contributed by atoms with E-state index in [4.69, 9.17) is 9.47 Å². The van der Waals surface area contributed by atoms with Crippen LogP contribution in [0.2, 0.25) is 0 Å². The summed E-state index contributed by atoms with van der Waals surface area (Å²) in [6.45, 7) is 6.91. The van der Waals surface area contributed by atoms with Crippen molar-refractivity contribution in [3.05, 3.63) is 40.9 Å². The molecule has 208 valence electrons. The van der Waals surface area contributed by atoms with Gasteiger partial charge in [0.2, 0.25) is 0 Å². The van der Waals surface area contributed by atoms with Gasteiger partial charge in [-0.05, 0) is 82.5 Å². The zero-order valence-corrected chi connectivity index (χ0v) is 24.3. The van der Waals surface area contributed by atoms with Crippen LogP contribution in [0.15, 0.2) is 29.6 Å². The van der Waals surface area contributed by atoms with Crippen LogP contribution in [-0.2, 0) is 16.0 Å². The second kappa shape index (κ2) is 13.8. The van der Waals surface area contributed by atoms with Crippen LogP contribution in [-0.4, -0.2) is 46.9 Å². The molecule has 0 saturated heterocycles. The number of methoxy groups -OCH3 is 1. The van der Waals surface area contributed by atoms with E-state index in [2.05, 4.69) is 32.5 Å². The van der Waals surface area contributed by atoms with Crippen molar-refractivity contribution in [1.82, 2.24) is 15.0 Å². The Bertz CT molecular complexity index is 1080. The lowest BCUT2D eigenvalue weighted by molar-refractivity contribution is -0.120. The number of rotatable bonds is 10. The third-order valence-electron chi connectivity index (χ3n) is 6.17. The van der Waals surface area contributed by atoms with Crippen LogP contribution in [0.5, 0.6) is 5.75 Å². The van der Waals surface area contributed by atoms with E-state index in [1.807, 2.05) is 12.1 Å². The number of carbonyl (C=O) groups excluding carboxylic acids is 3. The molecule has 0 radical (unpaired) electrons. The molecule has 1 aliphatic carbocycles. The van der Waals surface area contributed by atoms with Gasteiger partial charge in [-0.3, -0.25) is 19.6 Å². The van der Waals surface area contributed by atoms with Crippen molar-refractivity contribution >= 4 is 46.3 Å². The smallest absolute Gasteiger partial charge is 0.413 e. The molecular formula is C27H38N4O5S2. The number of ether oxygens (including phenoxy) is 2. The van der Waals surface area contributed by atoms with Crippen LogP contribution in [0.25, 0.3) is 0 Å². The summed E-state index contributed by atoms with van der Waals surface area (Å²) in [5, 5.41) is 7.20. The molecule has 0 bridgehead atoms. The van der Waals surface area contributed by atoms with Crippen LogP contribution in [0, 0.1) is 5.92 Å². The lowest BCUT2D eigenvalue weighted by atomic mass is 9.85. The number of nitrogens with zero attached hydrogens (tertiary/aromatic N) is 1. The molecule has 1 fully saturated rings. The summed E-state index contributed by atoms with van der Waals surface area (Å²) >= 11 is 2.55. The highest BCUT2D eigenvalue weighted by atomic mass is 32.2. The van der Waals surface area contributed by atoms with Gasteiger partial charge < -0.3 is 14.8 Å². The zero-order valence-electron chi connectivity index (χ0n) is 22.7. The zero-order chi connectivity index (χ0) is 27.7. The van der Waals surface area contributed by atoms with Crippen LogP contribution in [0.4, 0.5) is 9.93 Å². The molecular weight excluding hydrogens is 524 g/mol. The Balaban J connectivity index is 1.53. The maximum absolute atomic E-state index is 12.9. The Kier molecular flexibility index (Phi) is 10.8. The fourth-order valence-electron chi connectivity index (χ4n) is 4.19. The number of hydrogen-bond donors (Lipinski definition) is 3. The molecule has 2 aromatic rings. The summed E-state index contributed by atoms with van der Waals surface area (Å²) in [7, 11) is 1.65. The summed E-state index contributed by atoms with van der Waals surface area (Å²) < 4.78 is 13.5. The van der Waals surface area contributed by atoms with Gasteiger partial charge in [-0.2, -0.15) is 0 Å². The molecule has 11 heteroatoms. The minimum absolute atomic E-state index is 0.118. The van der Waals surface area contributed by atoms with E-state index in [1.54, 1.807) is 34.8 Å². The number of benzene rings is 1. The van der Waals surface area contributed by atoms with Crippen molar-refractivity contribution < 1.29 is 23.9 Å². The van der Waals surface area contributed by atoms with Crippen molar-refractivity contribution in [2.75, 3.05) is 12.4 Å². The van der Waals surface area contributed by atoms with Crippen LogP contribution in [0.1, 0.15) is 75.9 Å². The van der Waals surface area contributed by atoms with Gasteiger partial charge in [0.15, 0.2) is 5.13 Å². The number of nitrogens with one attached hydrogen (secondary N) is 3. The van der Waals surface area contributed by atoms with Gasteiger partial charge in [0.05, 0.1) is 7.11 Å². The fraction of sp³-hybridized carbons (Fsp3) is 0.556. The van der Waals surface area contributed by atoms with Gasteiger partial charge in [0.1, 0.15) is 23.1 Å². The van der Waals surface area contributed by atoms with Gasteiger partial charge in [-0.1, -0.05) is 31.4 Å². The Morgan fingerprint density at radius 2 is 1.82 bits per heavy atom. The van der Waals surface area contributed by atoms with Gasteiger partial charge in [0, 0.05) is 10.6 Å². The van der Waals surface area contributed by atoms with Gasteiger partial charge in [-0.25, -0.2) is 9.78 Å². The summed E-state index contributed by atoms with van der Waals surface area (Å²) in [6.07, 6.45) is 6.18. The summed E-state index contributed by atoms with van der Waals surface area (Å²) in [5.74, 6) is 0.572. The van der Waals surface area contributed by atoms with Crippen molar-refractivity contribution in [2.24, 2.45) is 5.92 Å². The van der Waals surface area contributed by atoms with E-state index in [0.29, 0.717) is 5.92 Å². The maximum atomic E-state index is 12.9. The Morgan fingerprint density at radius 3 is 2.45 bits per heavy atom. The van der Waals surface area contributed by atoms with Crippen LogP contribution in [0.3, 0.4) is 0 Å². The second-order valence-corrected chi connectivity index (χ2v) is 12.3. The summed E-state index contributed by atoms with van der Waals surface area (Å²) in [6, 6.07) is 7.30. The Morgan fingerprint density at radius 1 is 1.13 bits per heavy atom. The summed E-state index contributed by atoms with van der Waals surface area (Å²) in [5.41, 5.74) is 0.671. The highest BCUT2D eigenvalue weighted by Gasteiger charge is 2.27. The first kappa shape index (κ1) is 29.8. The quantitative estimate of drug-likeness (QED) is 0.324. The average Bonchev–Trinajstić information content (AvgIpc) is 3.34. The third kappa shape index (κ3) is 9.50. The number of carbonyl (C=O) groups is 3. The van der Waals surface area contributed by atoms with Crippen LogP contribution < -0.4 is 20.1 Å². The standard InChI is InChI=1S/C27H38N4O5S2/c1-17(28-24(33)21-16-37-25(29-21)30-26(34)36-27(2,3)4)23(32)31-38-22(19-9-7-6-8-10-19)15-18-11-13-20(35-5)14-12-18/h11-14,16-17,19,22H,6-10,15H2,1-5H3,(H,28,33)(H,31,32)(H,29,30,34)/t17-,22?/m1/s1. The van der Waals surface area contributed by atoms with E-state index in [1.165, 1.54) is 42.2 Å². The van der Waals surface area contributed by atoms with E-state index < -0.39 is 23.6 Å². The topological polar surface area (TPSA) is 119 Å². The number of aromatic nitrogens is 1. The lowest BCUT2D eigenvalue weighted by Crippen LogP contribution is -2.44. The number of thiazole rings is 1. The molecule has 38 heavy (non-hydrogen) atoms. The minimum atomic E-state index is -0.757. The number of amides is 3. The van der Waals surface area contributed by atoms with Crippen LogP contribution >= 0.6 is 23.3 Å². The molecule has 1 aromatic heterocycles. The lowest BCUT2D eigenvalue weighted by Gasteiger charge is -2.30. The Labute approximate surface area is 233 Å². The molecule has 0 aliphatic heterocycles. The first-order chi connectivity index (χ1) is 18.0. The van der Waals surface area contributed by atoms with E-state index >= 15 is 0 Å². The highest BCUT2D eigenvalue weighted by molar-refractivity contribution is 7.98. The SMILES string of the molecule is COc1ccc(CC(SNC(=O)[C@@H](C)NC(=O)c2csc(NC(=O)OC(C)(C)C)n2)C2CCCCC2)cc1. The van der Waals surface area contributed by atoms with Gasteiger partial charge >= 0.3 is 6.09 Å². The monoisotopic (exact) mass is 562 g/mol. The number of hydrogen-bond acceptors (Lipinski definition) is 8. The molecule has 1 unspecified atom stereocenters. The molecule has 9 nitrogen and oxygen atoms in total. The predicted molar refractivity (Wildman–Crippen MR) is 152 cm³/mol. The maximum Gasteiger partial charge on any atom is 0.413 e. The molecule has 0 spiro atoms. The Hall–Kier alpha value is -2.79. The molecule has 2 atom stereocenters. The van der Waals surface area contributed by atoms with Crippen molar-refractivity contribution in [3.8, 4) is 5.75 Å². The van der Waals surface area contributed by atoms with E-state index in [9.17, 15) is 14.4 Å². The second-order valence-electron chi connectivity index (χ2n) is 10.4. The fourth-order valence-corrected chi connectivity index (χ4v) is 6.05. The highest BCUT2D eigenvalue weighted by Crippen LogP contribution is 2.34. The average molecular weight is 563 g/mol. The van der Waals surface area contributed by atoms with E-state index in [-0.39, 0.29) is 22.0 Å². The molecule has 3 rings (SSSR count). The molecule has 1 heterocycles. The largest absolute Gasteiger partial charge is 0.497 e. The minimum Gasteiger partial charge on any atom is -0.497 e. The van der Waals surface area contributed by atoms with Crippen molar-refractivity contribution in [1.29, 1.82) is 0 Å². The molecule has 1 aliphatic rings. The van der Waals surface area contributed by atoms with Gasteiger partial charge in [0.25, 0.3) is 11.8 Å².